The maximum Gasteiger partial charge on any atom is 0.241 e. The van der Waals surface area contributed by atoms with E-state index in [0.29, 0.717) is 6.54 Å². The van der Waals surface area contributed by atoms with Crippen molar-refractivity contribution in [3.8, 4) is 0 Å². The Balaban J connectivity index is 3.06. The molecule has 0 spiro atoms. The molecule has 0 unspecified atom stereocenters. The molecule has 1 rings (SSSR count). The van der Waals surface area contributed by atoms with Gasteiger partial charge in [-0.15, -0.1) is 0 Å². The summed E-state index contributed by atoms with van der Waals surface area (Å²) in [5, 5.41) is 0. The number of anilines is 2. The summed E-state index contributed by atoms with van der Waals surface area (Å²) in [6, 6.07) is 2.09. The zero-order chi connectivity index (χ0) is 13.9. The number of halogens is 2. The van der Waals surface area contributed by atoms with Crippen molar-refractivity contribution in [3.63, 3.8) is 0 Å². The van der Waals surface area contributed by atoms with E-state index in [1.807, 2.05) is 0 Å². The van der Waals surface area contributed by atoms with Gasteiger partial charge in [-0.25, -0.2) is 8.78 Å². The number of nitrogen functional groups attached to an aromatic ring is 1. The largest absolute Gasteiger partial charge is 0.399 e. The third-order valence-corrected chi connectivity index (χ3v) is 2.56. The van der Waals surface area contributed by atoms with Gasteiger partial charge in [0.25, 0.3) is 0 Å². The summed E-state index contributed by atoms with van der Waals surface area (Å²) >= 11 is 0. The van der Waals surface area contributed by atoms with Crippen molar-refractivity contribution in [1.29, 1.82) is 0 Å². The highest BCUT2D eigenvalue weighted by Crippen LogP contribution is 2.25. The highest BCUT2D eigenvalue weighted by Gasteiger charge is 2.19. The van der Waals surface area contributed by atoms with Gasteiger partial charge in [-0.2, -0.15) is 0 Å². The molecule has 0 aliphatic heterocycles. The van der Waals surface area contributed by atoms with Crippen LogP contribution < -0.4 is 10.6 Å². The molecule has 1 aromatic rings. The van der Waals surface area contributed by atoms with E-state index < -0.39 is 11.6 Å². The number of amides is 1. The minimum atomic E-state index is -0.763. The Morgan fingerprint density at radius 3 is 2.17 bits per heavy atom. The van der Waals surface area contributed by atoms with Crippen LogP contribution in [-0.2, 0) is 4.79 Å². The van der Waals surface area contributed by atoms with Crippen molar-refractivity contribution in [2.24, 2.45) is 0 Å². The topological polar surface area (TPSA) is 49.6 Å². The molecule has 0 radical (unpaired) electrons. The highest BCUT2D eigenvalue weighted by atomic mass is 19.1. The van der Waals surface area contributed by atoms with Crippen LogP contribution in [0.25, 0.3) is 0 Å². The van der Waals surface area contributed by atoms with Gasteiger partial charge in [0.05, 0.1) is 6.54 Å². The second-order valence-corrected chi connectivity index (χ2v) is 4.14. The Bertz CT molecular complexity index is 426. The van der Waals surface area contributed by atoms with Gasteiger partial charge in [0.15, 0.2) is 11.6 Å². The first-order valence-electron chi connectivity index (χ1n) is 5.56. The van der Waals surface area contributed by atoms with Gasteiger partial charge in [0.2, 0.25) is 5.91 Å². The third-order valence-electron chi connectivity index (χ3n) is 2.56. The lowest BCUT2D eigenvalue weighted by Gasteiger charge is -2.25. The van der Waals surface area contributed by atoms with Crippen LogP contribution in [0, 0.1) is 11.6 Å². The smallest absolute Gasteiger partial charge is 0.241 e. The molecule has 0 aliphatic carbocycles. The second kappa shape index (κ2) is 5.66. The number of hydrogen-bond donors (Lipinski definition) is 1. The number of nitrogens with zero attached hydrogens (tertiary/aromatic N) is 2. The average molecular weight is 257 g/mol. The summed E-state index contributed by atoms with van der Waals surface area (Å²) in [6.07, 6.45) is 0. The predicted octanol–water partition coefficient (Wildman–Crippen LogP) is 1.46. The van der Waals surface area contributed by atoms with E-state index in [1.54, 1.807) is 21.0 Å². The first-order valence-corrected chi connectivity index (χ1v) is 5.56. The van der Waals surface area contributed by atoms with Crippen LogP contribution in [0.3, 0.4) is 0 Å². The van der Waals surface area contributed by atoms with Gasteiger partial charge in [0.1, 0.15) is 5.69 Å². The van der Waals surface area contributed by atoms with Crippen LogP contribution in [0.5, 0.6) is 0 Å². The van der Waals surface area contributed by atoms with E-state index in [0.717, 1.165) is 12.1 Å². The van der Waals surface area contributed by atoms with Crippen molar-refractivity contribution < 1.29 is 13.6 Å². The van der Waals surface area contributed by atoms with Crippen LogP contribution in [0.1, 0.15) is 6.92 Å². The van der Waals surface area contributed by atoms with Crippen LogP contribution >= 0.6 is 0 Å². The summed E-state index contributed by atoms with van der Waals surface area (Å²) in [5.41, 5.74) is 5.14. The maximum atomic E-state index is 13.7. The van der Waals surface area contributed by atoms with E-state index in [4.69, 9.17) is 5.73 Å². The van der Waals surface area contributed by atoms with Gasteiger partial charge in [-0.1, -0.05) is 0 Å². The van der Waals surface area contributed by atoms with Crippen LogP contribution in [0.4, 0.5) is 20.2 Å². The molecule has 0 bridgehead atoms. The SMILES string of the molecule is CCN(CC(=O)N(C)C)c1c(F)cc(N)cc1F. The Kier molecular flexibility index (Phi) is 4.47. The van der Waals surface area contributed by atoms with Crippen molar-refractivity contribution in [3.05, 3.63) is 23.8 Å². The summed E-state index contributed by atoms with van der Waals surface area (Å²) in [7, 11) is 3.18. The number of hydrogen-bond acceptors (Lipinski definition) is 3. The predicted molar refractivity (Wildman–Crippen MR) is 67.4 cm³/mol. The van der Waals surface area contributed by atoms with Gasteiger partial charge in [0, 0.05) is 26.3 Å². The van der Waals surface area contributed by atoms with Crippen molar-refractivity contribution >= 4 is 17.3 Å². The highest BCUT2D eigenvalue weighted by molar-refractivity contribution is 5.81. The molecule has 4 nitrogen and oxygen atoms in total. The number of benzene rings is 1. The number of carbonyl (C=O) groups is 1. The molecule has 0 fully saturated rings. The molecule has 2 N–H and O–H groups in total. The molecule has 0 aromatic heterocycles. The monoisotopic (exact) mass is 257 g/mol. The van der Waals surface area contributed by atoms with E-state index >= 15 is 0 Å². The molecule has 1 aromatic carbocycles. The fourth-order valence-corrected chi connectivity index (χ4v) is 1.54. The summed E-state index contributed by atoms with van der Waals surface area (Å²) in [6.45, 7) is 1.96. The Morgan fingerprint density at radius 2 is 1.78 bits per heavy atom. The molecular weight excluding hydrogens is 240 g/mol. The lowest BCUT2D eigenvalue weighted by Crippen LogP contribution is -2.37. The molecule has 0 aliphatic rings. The minimum Gasteiger partial charge on any atom is -0.399 e. The third kappa shape index (κ3) is 3.09. The van der Waals surface area contributed by atoms with Crippen molar-refractivity contribution in [2.45, 2.75) is 6.92 Å². The fourth-order valence-electron chi connectivity index (χ4n) is 1.54. The van der Waals surface area contributed by atoms with E-state index in [9.17, 15) is 13.6 Å². The van der Waals surface area contributed by atoms with E-state index in [2.05, 4.69) is 0 Å². The second-order valence-electron chi connectivity index (χ2n) is 4.14. The molecule has 0 saturated carbocycles. The zero-order valence-corrected chi connectivity index (χ0v) is 10.7. The van der Waals surface area contributed by atoms with Crippen LogP contribution in [-0.4, -0.2) is 38.0 Å². The Labute approximate surface area is 105 Å². The number of likely N-dealkylation sites (N-methyl/N-ethyl adjacent to an activating group) is 2. The Hall–Kier alpha value is -1.85. The van der Waals surface area contributed by atoms with Crippen molar-refractivity contribution in [2.75, 3.05) is 37.8 Å². The zero-order valence-electron chi connectivity index (χ0n) is 10.7. The summed E-state index contributed by atoms with van der Waals surface area (Å²) < 4.78 is 27.4. The molecule has 0 atom stereocenters. The van der Waals surface area contributed by atoms with Crippen LogP contribution in [0.2, 0.25) is 0 Å². The molecular formula is C12H17F2N3O. The minimum absolute atomic E-state index is 0.0174. The number of carbonyl (C=O) groups excluding carboxylic acids is 1. The van der Waals surface area contributed by atoms with Gasteiger partial charge >= 0.3 is 0 Å². The molecule has 1 amide bonds. The van der Waals surface area contributed by atoms with Gasteiger partial charge in [-0.05, 0) is 19.1 Å². The fraction of sp³-hybridized carbons (Fsp3) is 0.417. The molecule has 6 heteroatoms. The number of rotatable bonds is 4. The lowest BCUT2D eigenvalue weighted by molar-refractivity contribution is -0.127. The lowest BCUT2D eigenvalue weighted by atomic mass is 10.2. The van der Waals surface area contributed by atoms with Crippen molar-refractivity contribution in [1.82, 2.24) is 4.90 Å². The Morgan fingerprint density at radius 1 is 1.28 bits per heavy atom. The molecule has 0 saturated heterocycles. The maximum absolute atomic E-state index is 13.7. The first kappa shape index (κ1) is 14.2. The summed E-state index contributed by atoms with van der Waals surface area (Å²) in [4.78, 5) is 14.3. The van der Waals surface area contributed by atoms with Gasteiger partial charge in [-0.3, -0.25) is 4.79 Å². The van der Waals surface area contributed by atoms with Gasteiger partial charge < -0.3 is 15.5 Å². The van der Waals surface area contributed by atoms with E-state index in [1.165, 1.54) is 9.80 Å². The quantitative estimate of drug-likeness (QED) is 0.831. The summed E-state index contributed by atoms with van der Waals surface area (Å²) in [5.74, 6) is -1.76. The number of nitrogens with two attached hydrogens (primary N) is 1. The molecule has 0 heterocycles. The standard InChI is InChI=1S/C12H17F2N3O/c1-4-17(7-11(18)16(2)3)12-9(13)5-8(15)6-10(12)14/h5-6H,4,7,15H2,1-3H3. The molecule has 18 heavy (non-hydrogen) atoms. The first-order chi connectivity index (χ1) is 8.36. The normalized spacial score (nSPS) is 10.3. The molecule has 100 valence electrons. The average Bonchev–Trinajstić information content (AvgIpc) is 2.25. The van der Waals surface area contributed by atoms with Crippen LogP contribution in [0.15, 0.2) is 12.1 Å². The van der Waals surface area contributed by atoms with E-state index in [-0.39, 0.29) is 23.8 Å².